The van der Waals surface area contributed by atoms with Crippen molar-refractivity contribution in [3.05, 3.63) is 65.7 Å². The molecule has 3 aromatic rings. The highest BCUT2D eigenvalue weighted by atomic mass is 16.5. The van der Waals surface area contributed by atoms with E-state index in [9.17, 15) is 0 Å². The number of aromatic nitrogens is 4. The molecule has 0 atom stereocenters. The molecule has 138 valence electrons. The molecule has 4 rings (SSSR count). The first-order valence-corrected chi connectivity index (χ1v) is 9.01. The van der Waals surface area contributed by atoms with E-state index in [-0.39, 0.29) is 5.60 Å². The van der Waals surface area contributed by atoms with Crippen LogP contribution in [0.4, 0.5) is 0 Å². The third kappa shape index (κ3) is 4.06. The second kappa shape index (κ2) is 7.32. The summed E-state index contributed by atoms with van der Waals surface area (Å²) in [4.78, 5) is 0. The zero-order valence-electron chi connectivity index (χ0n) is 15.5. The van der Waals surface area contributed by atoms with Crippen LogP contribution in [0.3, 0.4) is 0 Å². The van der Waals surface area contributed by atoms with Gasteiger partial charge in [0, 0.05) is 11.1 Å². The van der Waals surface area contributed by atoms with Crippen molar-refractivity contribution in [2.24, 2.45) is 0 Å². The molecule has 0 saturated carbocycles. The molecule has 1 aromatic heterocycles. The van der Waals surface area contributed by atoms with Crippen LogP contribution in [0.2, 0.25) is 0 Å². The van der Waals surface area contributed by atoms with Crippen molar-refractivity contribution in [2.75, 3.05) is 6.61 Å². The lowest BCUT2D eigenvalue weighted by Crippen LogP contribution is -2.27. The lowest BCUT2D eigenvalue weighted by Gasteiger charge is -2.27. The molecular formula is C21H22N4O2. The molecule has 0 aliphatic carbocycles. The Hall–Kier alpha value is -2.99. The standard InChI is InChI=1S/C21H22N4O2/c1-21(2)11-10-17-14-18(8-9-19(17)27-21)20-22-23-24-25(20)12-13-26-15-16-6-4-3-5-7-16/h3-11,14H,12-13,15H2,1-2H3. The molecule has 0 fully saturated rings. The van der Waals surface area contributed by atoms with Crippen LogP contribution < -0.4 is 4.74 Å². The summed E-state index contributed by atoms with van der Waals surface area (Å²) in [6.07, 6.45) is 4.14. The predicted octanol–water partition coefficient (Wildman–Crippen LogP) is 3.74. The molecule has 0 saturated heterocycles. The fourth-order valence-electron chi connectivity index (χ4n) is 3.00. The minimum atomic E-state index is -0.286. The van der Waals surface area contributed by atoms with E-state index >= 15 is 0 Å². The highest BCUT2D eigenvalue weighted by Gasteiger charge is 2.22. The van der Waals surface area contributed by atoms with Crippen LogP contribution >= 0.6 is 0 Å². The smallest absolute Gasteiger partial charge is 0.182 e. The van der Waals surface area contributed by atoms with Crippen molar-refractivity contribution in [3.8, 4) is 17.1 Å². The summed E-state index contributed by atoms with van der Waals surface area (Å²) in [6, 6.07) is 16.1. The predicted molar refractivity (Wildman–Crippen MR) is 103 cm³/mol. The van der Waals surface area contributed by atoms with Crippen molar-refractivity contribution in [2.45, 2.75) is 32.6 Å². The van der Waals surface area contributed by atoms with Crippen molar-refractivity contribution in [3.63, 3.8) is 0 Å². The second-order valence-corrected chi connectivity index (χ2v) is 7.06. The summed E-state index contributed by atoms with van der Waals surface area (Å²) in [6.45, 7) is 5.78. The van der Waals surface area contributed by atoms with E-state index in [1.54, 1.807) is 4.68 Å². The SMILES string of the molecule is CC1(C)C=Cc2cc(-c3nnnn3CCOCc3ccccc3)ccc2O1. The van der Waals surface area contributed by atoms with Crippen molar-refractivity contribution >= 4 is 6.08 Å². The molecule has 1 aliphatic rings. The molecule has 6 heteroatoms. The normalized spacial score (nSPS) is 14.6. The monoisotopic (exact) mass is 362 g/mol. The van der Waals surface area contributed by atoms with E-state index < -0.39 is 0 Å². The number of rotatable bonds is 6. The van der Waals surface area contributed by atoms with Gasteiger partial charge in [0.1, 0.15) is 11.4 Å². The average molecular weight is 362 g/mol. The van der Waals surface area contributed by atoms with Gasteiger partial charge in [-0.05, 0) is 54.1 Å². The summed E-state index contributed by atoms with van der Waals surface area (Å²) in [5.74, 6) is 1.59. The molecule has 0 N–H and O–H groups in total. The van der Waals surface area contributed by atoms with E-state index in [0.29, 0.717) is 19.8 Å². The van der Waals surface area contributed by atoms with Gasteiger partial charge in [-0.1, -0.05) is 36.4 Å². The lowest BCUT2D eigenvalue weighted by molar-refractivity contribution is 0.111. The van der Waals surface area contributed by atoms with Crippen LogP contribution in [0.15, 0.2) is 54.6 Å². The van der Waals surface area contributed by atoms with Crippen LogP contribution in [0.5, 0.6) is 5.75 Å². The van der Waals surface area contributed by atoms with Crippen LogP contribution in [-0.2, 0) is 17.9 Å². The molecule has 0 amide bonds. The van der Waals surface area contributed by atoms with Gasteiger partial charge in [-0.15, -0.1) is 5.10 Å². The number of tetrazole rings is 1. The molecule has 27 heavy (non-hydrogen) atoms. The number of benzene rings is 2. The molecule has 0 spiro atoms. The first kappa shape index (κ1) is 17.4. The maximum atomic E-state index is 5.98. The summed E-state index contributed by atoms with van der Waals surface area (Å²) in [5, 5.41) is 12.1. The van der Waals surface area contributed by atoms with Gasteiger partial charge in [0.05, 0.1) is 19.8 Å². The minimum absolute atomic E-state index is 0.286. The minimum Gasteiger partial charge on any atom is -0.483 e. The van der Waals surface area contributed by atoms with Gasteiger partial charge in [-0.3, -0.25) is 0 Å². The van der Waals surface area contributed by atoms with E-state index in [2.05, 4.69) is 27.7 Å². The first-order valence-electron chi connectivity index (χ1n) is 9.01. The van der Waals surface area contributed by atoms with Gasteiger partial charge in [0.2, 0.25) is 0 Å². The number of ether oxygens (including phenoxy) is 2. The molecule has 0 bridgehead atoms. The Morgan fingerprint density at radius 3 is 2.81 bits per heavy atom. The molecule has 0 radical (unpaired) electrons. The Labute approximate surface area is 158 Å². The van der Waals surface area contributed by atoms with E-state index in [0.717, 1.165) is 28.3 Å². The van der Waals surface area contributed by atoms with Gasteiger partial charge in [-0.2, -0.15) is 0 Å². The van der Waals surface area contributed by atoms with Gasteiger partial charge in [0.25, 0.3) is 0 Å². The number of fused-ring (bicyclic) bond motifs is 1. The molecule has 6 nitrogen and oxygen atoms in total. The maximum Gasteiger partial charge on any atom is 0.182 e. The van der Waals surface area contributed by atoms with Crippen molar-refractivity contribution < 1.29 is 9.47 Å². The average Bonchev–Trinajstić information content (AvgIpc) is 3.13. The number of hydrogen-bond acceptors (Lipinski definition) is 5. The van der Waals surface area contributed by atoms with Gasteiger partial charge >= 0.3 is 0 Å². The van der Waals surface area contributed by atoms with Crippen LogP contribution in [-0.4, -0.2) is 32.4 Å². The highest BCUT2D eigenvalue weighted by molar-refractivity contribution is 5.68. The fraction of sp³-hybridized carbons (Fsp3) is 0.286. The summed E-state index contributed by atoms with van der Waals surface area (Å²) < 4.78 is 13.5. The maximum absolute atomic E-state index is 5.98. The van der Waals surface area contributed by atoms with E-state index in [1.807, 2.05) is 62.4 Å². The van der Waals surface area contributed by atoms with Crippen LogP contribution in [0.25, 0.3) is 17.5 Å². The van der Waals surface area contributed by atoms with Gasteiger partial charge in [0.15, 0.2) is 5.82 Å². The van der Waals surface area contributed by atoms with Crippen LogP contribution in [0.1, 0.15) is 25.0 Å². The summed E-state index contributed by atoms with van der Waals surface area (Å²) in [5.41, 5.74) is 2.85. The Kier molecular flexibility index (Phi) is 4.73. The van der Waals surface area contributed by atoms with Crippen molar-refractivity contribution in [1.82, 2.24) is 20.2 Å². The van der Waals surface area contributed by atoms with Crippen LogP contribution in [0, 0.1) is 0 Å². The molecule has 2 aromatic carbocycles. The Morgan fingerprint density at radius 1 is 1.11 bits per heavy atom. The third-order valence-corrected chi connectivity index (χ3v) is 4.40. The topological polar surface area (TPSA) is 62.1 Å². The Balaban J connectivity index is 1.43. The van der Waals surface area contributed by atoms with E-state index in [4.69, 9.17) is 9.47 Å². The third-order valence-electron chi connectivity index (χ3n) is 4.40. The second-order valence-electron chi connectivity index (χ2n) is 7.06. The quantitative estimate of drug-likeness (QED) is 0.625. The zero-order valence-corrected chi connectivity index (χ0v) is 15.5. The van der Waals surface area contributed by atoms with Crippen molar-refractivity contribution in [1.29, 1.82) is 0 Å². The number of hydrogen-bond donors (Lipinski definition) is 0. The Bertz CT molecular complexity index is 948. The largest absolute Gasteiger partial charge is 0.483 e. The van der Waals surface area contributed by atoms with Gasteiger partial charge in [-0.25, -0.2) is 4.68 Å². The Morgan fingerprint density at radius 2 is 1.96 bits per heavy atom. The highest BCUT2D eigenvalue weighted by Crippen LogP contribution is 2.33. The zero-order chi connectivity index (χ0) is 18.7. The molecule has 1 aliphatic heterocycles. The fourth-order valence-corrected chi connectivity index (χ4v) is 3.00. The summed E-state index contributed by atoms with van der Waals surface area (Å²) >= 11 is 0. The summed E-state index contributed by atoms with van der Waals surface area (Å²) in [7, 11) is 0. The number of nitrogens with zero attached hydrogens (tertiary/aromatic N) is 4. The molecular weight excluding hydrogens is 340 g/mol. The van der Waals surface area contributed by atoms with Gasteiger partial charge < -0.3 is 9.47 Å². The molecule has 0 unspecified atom stereocenters. The van der Waals surface area contributed by atoms with E-state index in [1.165, 1.54) is 0 Å². The molecule has 2 heterocycles. The first-order chi connectivity index (χ1) is 13.1. The lowest BCUT2D eigenvalue weighted by atomic mass is 10.0.